The molecule has 4 bridgehead atoms. The van der Waals surface area contributed by atoms with Crippen LogP contribution in [0.15, 0.2) is 42.7 Å². The second-order valence-corrected chi connectivity index (χ2v) is 10.9. The van der Waals surface area contributed by atoms with Gasteiger partial charge in [0.25, 0.3) is 5.91 Å². The van der Waals surface area contributed by atoms with Crippen molar-refractivity contribution in [2.24, 2.45) is 23.2 Å². The first-order valence-electron chi connectivity index (χ1n) is 12.8. The van der Waals surface area contributed by atoms with Crippen LogP contribution in [0.3, 0.4) is 0 Å². The fraction of sp³-hybridized carbons (Fsp3) is 0.536. The van der Waals surface area contributed by atoms with Crippen LogP contribution in [-0.2, 0) is 6.54 Å². The van der Waals surface area contributed by atoms with Crippen molar-refractivity contribution in [3.63, 3.8) is 0 Å². The summed E-state index contributed by atoms with van der Waals surface area (Å²) in [5.74, 6) is 2.68. The van der Waals surface area contributed by atoms with E-state index in [0.717, 1.165) is 58.4 Å². The maximum atomic E-state index is 13.8. The SMILES string of the molecule is CCC(NC(=O)c1cc(-c2cnn(CC)c2)nc2ccccc12)C12CC3CC(CC(C3)C1)C2. The van der Waals surface area contributed by atoms with Crippen LogP contribution in [0.5, 0.6) is 0 Å². The second-order valence-electron chi connectivity index (χ2n) is 10.9. The predicted molar refractivity (Wildman–Crippen MR) is 131 cm³/mol. The van der Waals surface area contributed by atoms with Crippen molar-refractivity contribution in [1.82, 2.24) is 20.1 Å². The van der Waals surface area contributed by atoms with Crippen LogP contribution >= 0.6 is 0 Å². The zero-order chi connectivity index (χ0) is 22.6. The lowest BCUT2D eigenvalue weighted by atomic mass is 9.47. The van der Waals surface area contributed by atoms with Crippen molar-refractivity contribution in [3.05, 3.63) is 48.3 Å². The quantitative estimate of drug-likeness (QED) is 0.521. The minimum absolute atomic E-state index is 0.0420. The van der Waals surface area contributed by atoms with E-state index in [1.54, 1.807) is 0 Å². The van der Waals surface area contributed by atoms with E-state index >= 15 is 0 Å². The van der Waals surface area contributed by atoms with Crippen molar-refractivity contribution in [3.8, 4) is 11.3 Å². The van der Waals surface area contributed by atoms with Crippen molar-refractivity contribution in [2.45, 2.75) is 71.4 Å². The highest BCUT2D eigenvalue weighted by Crippen LogP contribution is 2.61. The molecule has 0 aliphatic heterocycles. The summed E-state index contributed by atoms with van der Waals surface area (Å²) in [6, 6.07) is 10.2. The van der Waals surface area contributed by atoms with Gasteiger partial charge in [0.1, 0.15) is 0 Å². The number of hydrogen-bond donors (Lipinski definition) is 1. The summed E-state index contributed by atoms with van der Waals surface area (Å²) in [7, 11) is 0. The van der Waals surface area contributed by atoms with Crippen LogP contribution in [0.2, 0.25) is 0 Å². The van der Waals surface area contributed by atoms with E-state index in [1.807, 2.05) is 47.4 Å². The molecule has 7 rings (SSSR count). The first kappa shape index (κ1) is 20.9. The van der Waals surface area contributed by atoms with Gasteiger partial charge in [-0.3, -0.25) is 9.48 Å². The largest absolute Gasteiger partial charge is 0.349 e. The molecule has 1 unspecified atom stereocenters. The molecule has 3 aromatic rings. The van der Waals surface area contributed by atoms with Gasteiger partial charge in [-0.05, 0) is 87.2 Å². The number of para-hydroxylation sites is 1. The first-order chi connectivity index (χ1) is 16.1. The number of hydrogen-bond acceptors (Lipinski definition) is 3. The van der Waals surface area contributed by atoms with Crippen LogP contribution in [0.4, 0.5) is 0 Å². The number of carbonyl (C=O) groups is 1. The number of amides is 1. The molecule has 4 saturated carbocycles. The monoisotopic (exact) mass is 442 g/mol. The summed E-state index contributed by atoms with van der Waals surface area (Å²) in [4.78, 5) is 18.7. The standard InChI is InChI=1S/C28H34N4O/c1-3-26(28-13-18-9-19(14-28)11-20(10-18)15-28)31-27(33)23-12-25(21-16-29-32(4-2)17-21)30-24-8-6-5-7-22(23)24/h5-8,12,16-20,26H,3-4,9-11,13-15H2,1-2H3,(H,31,33). The Morgan fingerprint density at radius 1 is 1.12 bits per heavy atom. The Morgan fingerprint density at radius 3 is 2.45 bits per heavy atom. The fourth-order valence-electron chi connectivity index (χ4n) is 7.71. The molecule has 33 heavy (non-hydrogen) atoms. The van der Waals surface area contributed by atoms with E-state index in [0.29, 0.717) is 5.41 Å². The van der Waals surface area contributed by atoms with E-state index in [4.69, 9.17) is 4.98 Å². The Morgan fingerprint density at radius 2 is 1.82 bits per heavy atom. The van der Waals surface area contributed by atoms with Gasteiger partial charge in [0, 0.05) is 29.7 Å². The predicted octanol–water partition coefficient (Wildman–Crippen LogP) is 5.84. The molecule has 2 aromatic heterocycles. The molecule has 1 aromatic carbocycles. The number of nitrogens with zero attached hydrogens (tertiary/aromatic N) is 3. The topological polar surface area (TPSA) is 59.8 Å². The summed E-state index contributed by atoms with van der Waals surface area (Å²) in [6.45, 7) is 5.13. The molecule has 4 aliphatic carbocycles. The lowest BCUT2D eigenvalue weighted by Gasteiger charge is -2.59. The van der Waals surface area contributed by atoms with Gasteiger partial charge in [0.2, 0.25) is 0 Å². The Labute approximate surface area is 196 Å². The minimum Gasteiger partial charge on any atom is -0.349 e. The zero-order valence-corrected chi connectivity index (χ0v) is 19.8. The van der Waals surface area contributed by atoms with Crippen LogP contribution < -0.4 is 5.32 Å². The van der Waals surface area contributed by atoms with Crippen LogP contribution in [0, 0.1) is 23.2 Å². The normalized spacial score (nSPS) is 28.8. The number of rotatable bonds is 6. The summed E-state index contributed by atoms with van der Waals surface area (Å²) < 4.78 is 1.89. The second kappa shape index (κ2) is 7.96. The minimum atomic E-state index is 0.0420. The van der Waals surface area contributed by atoms with Crippen molar-refractivity contribution < 1.29 is 4.79 Å². The Hall–Kier alpha value is -2.69. The average molecular weight is 443 g/mol. The highest BCUT2D eigenvalue weighted by molar-refractivity contribution is 6.07. The number of carbonyl (C=O) groups excluding carboxylic acids is 1. The Kier molecular flexibility index (Phi) is 5.04. The maximum absolute atomic E-state index is 13.8. The van der Waals surface area contributed by atoms with Crippen molar-refractivity contribution in [1.29, 1.82) is 0 Å². The number of pyridine rings is 1. The highest BCUT2D eigenvalue weighted by atomic mass is 16.1. The third kappa shape index (κ3) is 3.56. The van der Waals surface area contributed by atoms with Gasteiger partial charge < -0.3 is 5.32 Å². The zero-order valence-electron chi connectivity index (χ0n) is 19.8. The van der Waals surface area contributed by atoms with Crippen LogP contribution in [0.1, 0.15) is 69.2 Å². The molecule has 2 heterocycles. The third-order valence-electron chi connectivity index (χ3n) is 8.75. The molecule has 1 amide bonds. The molecule has 5 nitrogen and oxygen atoms in total. The van der Waals surface area contributed by atoms with Gasteiger partial charge in [0.15, 0.2) is 0 Å². The van der Waals surface area contributed by atoms with Gasteiger partial charge in [-0.2, -0.15) is 5.10 Å². The van der Waals surface area contributed by atoms with E-state index in [1.165, 1.54) is 38.5 Å². The number of aromatic nitrogens is 3. The maximum Gasteiger partial charge on any atom is 0.252 e. The van der Waals surface area contributed by atoms with Crippen LogP contribution in [0.25, 0.3) is 22.2 Å². The first-order valence-corrected chi connectivity index (χ1v) is 12.8. The molecule has 4 fully saturated rings. The smallest absolute Gasteiger partial charge is 0.252 e. The van der Waals surface area contributed by atoms with Gasteiger partial charge in [0.05, 0.1) is 23.0 Å². The average Bonchev–Trinajstić information content (AvgIpc) is 3.30. The molecule has 0 saturated heterocycles. The van der Waals surface area contributed by atoms with E-state index in [9.17, 15) is 4.79 Å². The molecule has 0 radical (unpaired) electrons. The Bertz CT molecular complexity index is 1160. The summed E-state index contributed by atoms with van der Waals surface area (Å²) in [5, 5.41) is 8.87. The fourth-order valence-corrected chi connectivity index (χ4v) is 7.71. The van der Waals surface area contributed by atoms with Gasteiger partial charge >= 0.3 is 0 Å². The molecule has 1 N–H and O–H groups in total. The third-order valence-corrected chi connectivity index (χ3v) is 8.75. The lowest BCUT2D eigenvalue weighted by molar-refractivity contribution is -0.0727. The summed E-state index contributed by atoms with van der Waals surface area (Å²) in [6.07, 6.45) is 13.0. The molecular formula is C28H34N4O. The Balaban J connectivity index is 1.34. The van der Waals surface area contributed by atoms with Gasteiger partial charge in [-0.1, -0.05) is 25.1 Å². The number of aryl methyl sites for hydroxylation is 1. The van der Waals surface area contributed by atoms with Crippen LogP contribution in [-0.4, -0.2) is 26.7 Å². The van der Waals surface area contributed by atoms with Gasteiger partial charge in [-0.15, -0.1) is 0 Å². The van der Waals surface area contributed by atoms with E-state index in [-0.39, 0.29) is 11.9 Å². The van der Waals surface area contributed by atoms with E-state index in [2.05, 4.69) is 24.3 Å². The summed E-state index contributed by atoms with van der Waals surface area (Å²) >= 11 is 0. The van der Waals surface area contributed by atoms with Crippen molar-refractivity contribution in [2.75, 3.05) is 0 Å². The van der Waals surface area contributed by atoms with E-state index < -0.39 is 0 Å². The molecule has 5 heteroatoms. The highest BCUT2D eigenvalue weighted by Gasteiger charge is 2.54. The lowest BCUT2D eigenvalue weighted by Crippen LogP contribution is -2.56. The number of benzene rings is 1. The molecule has 172 valence electrons. The summed E-state index contributed by atoms with van der Waals surface area (Å²) in [5.41, 5.74) is 3.63. The molecule has 4 aliphatic rings. The molecule has 0 spiro atoms. The molecular weight excluding hydrogens is 408 g/mol. The number of fused-ring (bicyclic) bond motifs is 1. The van der Waals surface area contributed by atoms with Crippen molar-refractivity contribution >= 4 is 16.8 Å². The van der Waals surface area contributed by atoms with Gasteiger partial charge in [-0.25, -0.2) is 4.98 Å². The number of nitrogens with one attached hydrogen (secondary N) is 1. The molecule has 1 atom stereocenters.